The highest BCUT2D eigenvalue weighted by atomic mass is 79.9. The quantitative estimate of drug-likeness (QED) is 0.220. The summed E-state index contributed by atoms with van der Waals surface area (Å²) in [5, 5.41) is 8.06. The van der Waals surface area contributed by atoms with Gasteiger partial charge in [0.15, 0.2) is 0 Å². The van der Waals surface area contributed by atoms with E-state index in [1.54, 1.807) is 0 Å². The Balaban J connectivity index is 1.83. The number of para-hydroxylation sites is 1. The molecule has 0 amide bonds. The molecule has 3 heteroatoms. The van der Waals surface area contributed by atoms with Gasteiger partial charge in [0.2, 0.25) is 0 Å². The summed E-state index contributed by atoms with van der Waals surface area (Å²) < 4.78 is 6.27. The van der Waals surface area contributed by atoms with Crippen molar-refractivity contribution in [3.05, 3.63) is 89.4 Å². The van der Waals surface area contributed by atoms with Gasteiger partial charge in [-0.1, -0.05) is 64.5 Å². The lowest BCUT2D eigenvalue weighted by atomic mass is 10.00. The minimum absolute atomic E-state index is 1.10. The first kappa shape index (κ1) is 16.0. The number of thiophene rings is 1. The molecule has 0 radical (unpaired) electrons. The Morgan fingerprint density at radius 3 is 2.45 bits per heavy atom. The predicted octanol–water partition coefficient (Wildman–Crippen LogP) is 8.51. The number of hydrogen-bond acceptors (Lipinski definition) is 1. The maximum atomic E-state index is 3.69. The summed E-state index contributed by atoms with van der Waals surface area (Å²) in [6, 6.07) is 30.9. The highest BCUT2D eigenvalue weighted by molar-refractivity contribution is 9.10. The number of hydrogen-bond donors (Lipinski definition) is 0. The molecular formula is C26H14BrNS. The van der Waals surface area contributed by atoms with Crippen LogP contribution in [0.2, 0.25) is 0 Å². The highest BCUT2D eigenvalue weighted by Gasteiger charge is 2.20. The lowest BCUT2D eigenvalue weighted by Gasteiger charge is -2.09. The molecule has 0 atom stereocenters. The van der Waals surface area contributed by atoms with Gasteiger partial charge in [0.05, 0.1) is 15.7 Å². The van der Waals surface area contributed by atoms with Crippen molar-refractivity contribution in [2.24, 2.45) is 0 Å². The first-order valence-electron chi connectivity index (χ1n) is 9.65. The summed E-state index contributed by atoms with van der Waals surface area (Å²) in [5.41, 5.74) is 3.75. The zero-order chi connectivity index (χ0) is 19.1. The molecular weight excluding hydrogens is 438 g/mol. The van der Waals surface area contributed by atoms with Gasteiger partial charge in [-0.3, -0.25) is 0 Å². The maximum absolute atomic E-state index is 3.69. The molecule has 0 saturated carbocycles. The smallest absolute Gasteiger partial charge is 0.0720 e. The highest BCUT2D eigenvalue weighted by Crippen LogP contribution is 2.47. The zero-order valence-corrected chi connectivity index (χ0v) is 17.7. The molecule has 0 unspecified atom stereocenters. The Kier molecular flexibility index (Phi) is 3.08. The van der Waals surface area contributed by atoms with E-state index in [9.17, 15) is 0 Å². The fraction of sp³-hybridized carbons (Fsp3) is 0. The van der Waals surface area contributed by atoms with Gasteiger partial charge in [-0.25, -0.2) is 0 Å². The summed E-state index contributed by atoms with van der Waals surface area (Å²) >= 11 is 5.60. The van der Waals surface area contributed by atoms with Crippen LogP contribution in [0.25, 0.3) is 58.4 Å². The van der Waals surface area contributed by atoms with Crippen LogP contribution in [-0.2, 0) is 0 Å². The first-order chi connectivity index (χ1) is 14.3. The molecule has 136 valence electrons. The fourth-order valence-corrected chi connectivity index (χ4v) is 6.45. The van der Waals surface area contributed by atoms with Crippen LogP contribution in [-0.4, -0.2) is 4.57 Å². The third-order valence-corrected chi connectivity index (χ3v) is 7.63. The molecule has 5 aromatic carbocycles. The van der Waals surface area contributed by atoms with Gasteiger partial charge in [-0.2, -0.15) is 0 Å². The van der Waals surface area contributed by atoms with Gasteiger partial charge in [0, 0.05) is 36.4 Å². The van der Waals surface area contributed by atoms with E-state index in [0.29, 0.717) is 0 Å². The Bertz CT molecular complexity index is 1710. The number of aromatic nitrogens is 1. The SMILES string of the molecule is Brc1ccc2c3cc4ccc5cccc6sc(c4c56)c3n(-c3ccccc3)c2c1. The van der Waals surface area contributed by atoms with E-state index >= 15 is 0 Å². The Labute approximate surface area is 179 Å². The third-order valence-electron chi connectivity index (χ3n) is 5.98. The van der Waals surface area contributed by atoms with Crippen LogP contribution in [0.1, 0.15) is 0 Å². The zero-order valence-electron chi connectivity index (χ0n) is 15.3. The number of benzene rings is 5. The van der Waals surface area contributed by atoms with E-state index in [4.69, 9.17) is 0 Å². The van der Waals surface area contributed by atoms with Crippen molar-refractivity contribution < 1.29 is 0 Å². The fourth-order valence-electron chi connectivity index (χ4n) is 4.80. The summed E-state index contributed by atoms with van der Waals surface area (Å²) in [7, 11) is 0. The monoisotopic (exact) mass is 451 g/mol. The number of halogens is 1. The van der Waals surface area contributed by atoms with Gasteiger partial charge >= 0.3 is 0 Å². The van der Waals surface area contributed by atoms with Crippen LogP contribution >= 0.6 is 27.3 Å². The standard InChI is InChI=1S/C26H14BrNS/c27-17-11-12-19-20-13-16-10-9-15-5-4-8-22-23(15)24(16)26(29-22)25(20)28(21(19)14-17)18-6-2-1-3-7-18/h1-14H. The van der Waals surface area contributed by atoms with Crippen LogP contribution in [0.15, 0.2) is 89.4 Å². The van der Waals surface area contributed by atoms with Gasteiger partial charge in [-0.05, 0) is 47.2 Å². The van der Waals surface area contributed by atoms with Crippen molar-refractivity contribution in [1.29, 1.82) is 0 Å². The van der Waals surface area contributed by atoms with Crippen molar-refractivity contribution in [1.82, 2.24) is 4.57 Å². The summed E-state index contributed by atoms with van der Waals surface area (Å²) in [5.74, 6) is 0. The van der Waals surface area contributed by atoms with E-state index < -0.39 is 0 Å². The third kappa shape index (κ3) is 2.04. The molecule has 0 aliphatic heterocycles. The number of nitrogens with zero attached hydrogens (tertiary/aromatic N) is 1. The van der Waals surface area contributed by atoms with Gasteiger partial charge in [0.1, 0.15) is 0 Å². The maximum Gasteiger partial charge on any atom is 0.0720 e. The second-order valence-corrected chi connectivity index (χ2v) is 9.52. The molecule has 2 aromatic heterocycles. The second-order valence-electron chi connectivity index (χ2n) is 7.55. The van der Waals surface area contributed by atoms with Crippen LogP contribution in [0.3, 0.4) is 0 Å². The van der Waals surface area contributed by atoms with E-state index in [1.807, 2.05) is 11.3 Å². The largest absolute Gasteiger partial charge is 0.308 e. The number of fused-ring (bicyclic) bond motifs is 4. The topological polar surface area (TPSA) is 4.93 Å². The van der Waals surface area contributed by atoms with E-state index in [0.717, 1.165) is 4.47 Å². The van der Waals surface area contributed by atoms with Crippen molar-refractivity contribution in [3.8, 4) is 5.69 Å². The lowest BCUT2D eigenvalue weighted by Crippen LogP contribution is -1.93. The van der Waals surface area contributed by atoms with Gasteiger partial charge in [0.25, 0.3) is 0 Å². The van der Waals surface area contributed by atoms with E-state index in [-0.39, 0.29) is 0 Å². The van der Waals surface area contributed by atoms with Crippen LogP contribution < -0.4 is 0 Å². The van der Waals surface area contributed by atoms with E-state index in [2.05, 4.69) is 105 Å². The molecule has 0 bridgehead atoms. The minimum atomic E-state index is 1.10. The first-order valence-corrected chi connectivity index (χ1v) is 11.3. The number of rotatable bonds is 1. The molecule has 0 saturated heterocycles. The molecule has 0 aliphatic carbocycles. The molecule has 7 rings (SSSR count). The van der Waals surface area contributed by atoms with Crippen LogP contribution in [0, 0.1) is 0 Å². The average Bonchev–Trinajstić information content (AvgIpc) is 3.29. The molecule has 29 heavy (non-hydrogen) atoms. The van der Waals surface area contributed by atoms with Crippen molar-refractivity contribution in [2.75, 3.05) is 0 Å². The molecule has 2 heterocycles. The van der Waals surface area contributed by atoms with Crippen molar-refractivity contribution in [2.45, 2.75) is 0 Å². The Hall–Kier alpha value is -2.88. The Morgan fingerprint density at radius 2 is 1.55 bits per heavy atom. The second kappa shape index (κ2) is 5.59. The van der Waals surface area contributed by atoms with Crippen LogP contribution in [0.4, 0.5) is 0 Å². The van der Waals surface area contributed by atoms with Crippen molar-refractivity contribution in [3.63, 3.8) is 0 Å². The molecule has 7 aromatic rings. The normalized spacial score (nSPS) is 12.3. The van der Waals surface area contributed by atoms with Gasteiger partial charge < -0.3 is 4.57 Å². The summed E-state index contributed by atoms with van der Waals surface area (Å²) in [6.45, 7) is 0. The van der Waals surface area contributed by atoms with Crippen molar-refractivity contribution >= 4 is 80.0 Å². The van der Waals surface area contributed by atoms with Gasteiger partial charge in [-0.15, -0.1) is 11.3 Å². The van der Waals surface area contributed by atoms with E-state index in [1.165, 1.54) is 58.4 Å². The molecule has 1 nitrogen and oxygen atoms in total. The Morgan fingerprint density at radius 1 is 0.690 bits per heavy atom. The molecule has 0 aliphatic rings. The van der Waals surface area contributed by atoms with Crippen LogP contribution in [0.5, 0.6) is 0 Å². The predicted molar refractivity (Wildman–Crippen MR) is 130 cm³/mol. The lowest BCUT2D eigenvalue weighted by molar-refractivity contribution is 1.19. The average molecular weight is 452 g/mol. The summed E-state index contributed by atoms with van der Waals surface area (Å²) in [6.07, 6.45) is 0. The molecule has 0 fully saturated rings. The minimum Gasteiger partial charge on any atom is -0.308 e. The molecule has 0 N–H and O–H groups in total. The molecule has 0 spiro atoms. The summed E-state index contributed by atoms with van der Waals surface area (Å²) in [4.78, 5) is 0.